The molecule has 0 bridgehead atoms. The minimum atomic E-state index is -1.96. The van der Waals surface area contributed by atoms with Gasteiger partial charge in [0.25, 0.3) is 0 Å². The molecule has 4 atom stereocenters. The summed E-state index contributed by atoms with van der Waals surface area (Å²) in [6, 6.07) is 25.5. The summed E-state index contributed by atoms with van der Waals surface area (Å²) in [4.78, 5) is 64.8. The summed E-state index contributed by atoms with van der Waals surface area (Å²) in [6.07, 6.45) is 14.1. The van der Waals surface area contributed by atoms with Crippen molar-refractivity contribution in [2.45, 2.75) is 102 Å². The molecule has 4 rings (SSSR count). The summed E-state index contributed by atoms with van der Waals surface area (Å²) in [5.74, 6) is -3.21. The van der Waals surface area contributed by atoms with Crippen molar-refractivity contribution in [2.75, 3.05) is 6.61 Å². The van der Waals surface area contributed by atoms with Crippen LogP contribution in [0.3, 0.4) is 0 Å². The molecule has 1 saturated heterocycles. The van der Waals surface area contributed by atoms with Crippen LogP contribution in [-0.4, -0.2) is 60.2 Å². The molecular weight excluding hydrogens is 686 g/mol. The summed E-state index contributed by atoms with van der Waals surface area (Å²) in [7, 11) is 0. The van der Waals surface area contributed by atoms with Crippen LogP contribution in [0.4, 0.5) is 0 Å². The molecule has 0 spiro atoms. The zero-order chi connectivity index (χ0) is 38.6. The van der Waals surface area contributed by atoms with E-state index in [1.165, 1.54) is 6.92 Å². The number of hydrogen-bond acceptors (Lipinski definition) is 9. The van der Waals surface area contributed by atoms with Gasteiger partial charge < -0.3 is 24.3 Å². The molecule has 1 N–H and O–H groups in total. The van der Waals surface area contributed by atoms with Crippen molar-refractivity contribution >= 4 is 29.8 Å². The zero-order valence-electron chi connectivity index (χ0n) is 31.2. The van der Waals surface area contributed by atoms with Gasteiger partial charge in [-0.25, -0.2) is 19.2 Å². The van der Waals surface area contributed by atoms with Crippen LogP contribution in [0, 0.1) is 0 Å². The fourth-order valence-electron chi connectivity index (χ4n) is 6.16. The first-order chi connectivity index (χ1) is 26.2. The van der Waals surface area contributed by atoms with Gasteiger partial charge in [-0.15, -0.1) is 0 Å². The summed E-state index contributed by atoms with van der Waals surface area (Å²) < 4.78 is 23.0. The van der Waals surface area contributed by atoms with Crippen molar-refractivity contribution in [1.29, 1.82) is 0 Å². The van der Waals surface area contributed by atoms with Crippen LogP contribution < -0.4 is 5.32 Å². The van der Waals surface area contributed by atoms with E-state index in [9.17, 15) is 24.0 Å². The number of allylic oxidation sites excluding steroid dienone is 2. The minimum Gasteiger partial charge on any atom is -0.459 e. The summed E-state index contributed by atoms with van der Waals surface area (Å²) in [5, 5.41) is 2.60. The molecule has 0 aromatic heterocycles. The third-order valence-corrected chi connectivity index (χ3v) is 9.02. The van der Waals surface area contributed by atoms with E-state index < -0.39 is 48.2 Å². The molecule has 0 saturated carbocycles. The molecule has 0 unspecified atom stereocenters. The standard InChI is InChI=1S/C44H51NO9/c1-3-4-5-20-29-37(52-41(48)35-25-16-12-17-26-35)30-21-9-7-6-8-10-22-31-38-39(54-42(49)36-27-18-13-19-28-36)44(43(50)53-38,45-33(2)46)32-51-40(47)34-23-14-11-15-24-34/h10-19,21-28,30,37-39H,3-9,20,29,31-32H2,1-2H3,(H,45,46)/b22-10+,30-21+/t37-,38-,39+,44+/m1/s1. The summed E-state index contributed by atoms with van der Waals surface area (Å²) in [6.45, 7) is 2.78. The second kappa shape index (κ2) is 21.9. The normalized spacial score (nSPS) is 18.6. The smallest absolute Gasteiger partial charge is 0.340 e. The third kappa shape index (κ3) is 12.6. The van der Waals surface area contributed by atoms with Gasteiger partial charge in [0, 0.05) is 13.3 Å². The molecule has 3 aromatic carbocycles. The lowest BCUT2D eigenvalue weighted by molar-refractivity contribution is -0.149. The number of amides is 1. The molecule has 1 heterocycles. The largest absolute Gasteiger partial charge is 0.459 e. The molecule has 54 heavy (non-hydrogen) atoms. The second-order valence-electron chi connectivity index (χ2n) is 13.3. The lowest BCUT2D eigenvalue weighted by atomic mass is 9.90. The van der Waals surface area contributed by atoms with Crippen molar-refractivity contribution in [2.24, 2.45) is 0 Å². The maximum atomic E-state index is 13.5. The first kappa shape index (κ1) is 41.2. The summed E-state index contributed by atoms with van der Waals surface area (Å²) >= 11 is 0. The van der Waals surface area contributed by atoms with Gasteiger partial charge in [0.1, 0.15) is 18.8 Å². The van der Waals surface area contributed by atoms with Crippen LogP contribution >= 0.6 is 0 Å². The molecule has 0 aliphatic carbocycles. The Hall–Kier alpha value is -5.51. The Balaban J connectivity index is 1.35. The average Bonchev–Trinajstić information content (AvgIpc) is 3.43. The molecular formula is C44H51NO9. The number of carbonyl (C=O) groups excluding carboxylic acids is 5. The van der Waals surface area contributed by atoms with Gasteiger partial charge in [0.15, 0.2) is 6.10 Å². The van der Waals surface area contributed by atoms with Crippen molar-refractivity contribution in [3.63, 3.8) is 0 Å². The van der Waals surface area contributed by atoms with Crippen LogP contribution in [0.15, 0.2) is 115 Å². The highest BCUT2D eigenvalue weighted by atomic mass is 16.6. The van der Waals surface area contributed by atoms with Crippen LogP contribution in [0.25, 0.3) is 0 Å². The molecule has 286 valence electrons. The molecule has 1 amide bonds. The highest BCUT2D eigenvalue weighted by molar-refractivity contribution is 5.94. The van der Waals surface area contributed by atoms with Crippen molar-refractivity contribution in [1.82, 2.24) is 5.32 Å². The Labute approximate surface area is 317 Å². The molecule has 1 fully saturated rings. The average molecular weight is 738 g/mol. The van der Waals surface area contributed by atoms with Crippen LogP contribution in [0.1, 0.15) is 109 Å². The van der Waals surface area contributed by atoms with E-state index in [1.54, 1.807) is 72.8 Å². The number of rotatable bonds is 21. The second-order valence-corrected chi connectivity index (χ2v) is 13.3. The third-order valence-electron chi connectivity index (χ3n) is 9.02. The van der Waals surface area contributed by atoms with Crippen molar-refractivity contribution in [3.8, 4) is 0 Å². The monoisotopic (exact) mass is 737 g/mol. The predicted octanol–water partition coefficient (Wildman–Crippen LogP) is 8.13. The van der Waals surface area contributed by atoms with Crippen LogP contribution in [-0.2, 0) is 28.5 Å². The molecule has 10 nitrogen and oxygen atoms in total. The molecule has 3 aromatic rings. The van der Waals surface area contributed by atoms with E-state index in [1.807, 2.05) is 36.4 Å². The number of unbranched alkanes of at least 4 members (excludes halogenated alkanes) is 6. The van der Waals surface area contributed by atoms with E-state index in [0.29, 0.717) is 5.56 Å². The van der Waals surface area contributed by atoms with E-state index in [-0.39, 0.29) is 29.6 Å². The van der Waals surface area contributed by atoms with E-state index in [0.717, 1.165) is 57.8 Å². The Morgan fingerprint density at radius 1 is 0.741 bits per heavy atom. The Kier molecular flexibility index (Phi) is 16.7. The lowest BCUT2D eigenvalue weighted by Crippen LogP contribution is -2.63. The fraction of sp³-hybridized carbons (Fsp3) is 0.386. The number of ether oxygens (including phenoxy) is 4. The number of nitrogens with one attached hydrogen (secondary N) is 1. The number of benzene rings is 3. The van der Waals surface area contributed by atoms with Gasteiger partial charge >= 0.3 is 23.9 Å². The van der Waals surface area contributed by atoms with E-state index in [4.69, 9.17) is 18.9 Å². The molecule has 10 heteroatoms. The first-order valence-electron chi connectivity index (χ1n) is 18.8. The highest BCUT2D eigenvalue weighted by Gasteiger charge is 2.61. The maximum absolute atomic E-state index is 13.5. The fourth-order valence-corrected chi connectivity index (χ4v) is 6.16. The number of esters is 4. The first-order valence-corrected chi connectivity index (χ1v) is 18.8. The SMILES string of the molecule is CCCCCC[C@H](/C=C/CCCC/C=C/C[C@H]1OC(=O)[C@@](COC(=O)c2ccccc2)(NC(C)=O)[C@H]1OC(=O)c1ccccc1)OC(=O)c1ccccc1. The van der Waals surface area contributed by atoms with Crippen LogP contribution in [0.5, 0.6) is 0 Å². The number of carbonyl (C=O) groups is 5. The van der Waals surface area contributed by atoms with Crippen molar-refractivity contribution in [3.05, 3.63) is 132 Å². The van der Waals surface area contributed by atoms with Gasteiger partial charge in [0.05, 0.1) is 16.7 Å². The Bertz CT molecular complexity index is 1710. The zero-order valence-corrected chi connectivity index (χ0v) is 31.2. The topological polar surface area (TPSA) is 134 Å². The predicted molar refractivity (Wildman–Crippen MR) is 205 cm³/mol. The van der Waals surface area contributed by atoms with Gasteiger partial charge in [-0.1, -0.05) is 99.0 Å². The highest BCUT2D eigenvalue weighted by Crippen LogP contribution is 2.33. The van der Waals surface area contributed by atoms with E-state index in [2.05, 4.69) is 18.3 Å². The maximum Gasteiger partial charge on any atom is 0.340 e. The quantitative estimate of drug-likeness (QED) is 0.0498. The lowest BCUT2D eigenvalue weighted by Gasteiger charge is -2.32. The van der Waals surface area contributed by atoms with Gasteiger partial charge in [0.2, 0.25) is 11.4 Å². The molecule has 0 radical (unpaired) electrons. The summed E-state index contributed by atoms with van der Waals surface area (Å²) in [5.41, 5.74) is -0.926. The van der Waals surface area contributed by atoms with Crippen LogP contribution in [0.2, 0.25) is 0 Å². The molecule has 1 aliphatic rings. The Morgan fingerprint density at radius 2 is 1.31 bits per heavy atom. The van der Waals surface area contributed by atoms with Gasteiger partial charge in [-0.3, -0.25) is 4.79 Å². The minimum absolute atomic E-state index is 0.193. The number of hydrogen-bond donors (Lipinski definition) is 1. The van der Waals surface area contributed by atoms with Gasteiger partial charge in [-0.2, -0.15) is 0 Å². The number of cyclic esters (lactones) is 1. The van der Waals surface area contributed by atoms with E-state index >= 15 is 0 Å². The van der Waals surface area contributed by atoms with Gasteiger partial charge in [-0.05, 0) is 81.0 Å². The molecule has 1 aliphatic heterocycles. The van der Waals surface area contributed by atoms with Crippen molar-refractivity contribution < 1.29 is 42.9 Å². The Morgan fingerprint density at radius 3 is 1.91 bits per heavy atom.